The minimum atomic E-state index is -0.576. The molecule has 1 aliphatic rings. The minimum absolute atomic E-state index is 0.381. The first-order valence-corrected chi connectivity index (χ1v) is 7.56. The molecule has 4 nitrogen and oxygen atoms in total. The summed E-state index contributed by atoms with van der Waals surface area (Å²) in [4.78, 5) is 3.53. The summed E-state index contributed by atoms with van der Waals surface area (Å²) in [5.41, 5.74) is 0.526. The summed E-state index contributed by atoms with van der Waals surface area (Å²) in [6.07, 6.45) is 3.08. The Kier molecular flexibility index (Phi) is 4.97. The summed E-state index contributed by atoms with van der Waals surface area (Å²) in [5.74, 6) is -0.576. The molecule has 0 spiro atoms. The summed E-state index contributed by atoms with van der Waals surface area (Å²) in [6, 6.07) is 1.29. The molecule has 1 aromatic rings. The van der Waals surface area contributed by atoms with Gasteiger partial charge in [-0.15, -0.1) is 0 Å². The van der Waals surface area contributed by atoms with Gasteiger partial charge in [-0.05, 0) is 45.8 Å². The highest BCUT2D eigenvalue weighted by Gasteiger charge is 2.52. The number of nitrogens with zero attached hydrogens (tertiary/aromatic N) is 1. The lowest BCUT2D eigenvalue weighted by Crippen LogP contribution is -2.41. The third-order valence-corrected chi connectivity index (χ3v) is 4.45. The molecular weight excluding hydrogens is 305 g/mol. The third-order valence-electron chi connectivity index (χ3n) is 4.13. The molecular formula is C15H21BClFN2O2. The molecule has 120 valence electrons. The molecule has 0 atom stereocenters. The molecule has 1 aromatic heterocycles. The largest absolute Gasteiger partial charge is 0.491 e. The van der Waals surface area contributed by atoms with Crippen molar-refractivity contribution in [2.45, 2.75) is 38.9 Å². The zero-order valence-corrected chi connectivity index (χ0v) is 14.3. The van der Waals surface area contributed by atoms with Crippen LogP contribution in [0.15, 0.2) is 17.7 Å². The second-order valence-corrected chi connectivity index (χ2v) is 6.77. The lowest BCUT2D eigenvalue weighted by atomic mass is 9.77. The number of hydrogen-bond acceptors (Lipinski definition) is 4. The van der Waals surface area contributed by atoms with Gasteiger partial charge < -0.3 is 14.6 Å². The summed E-state index contributed by atoms with van der Waals surface area (Å²) in [6.45, 7) is 8.50. The molecule has 0 unspecified atom stereocenters. The topological polar surface area (TPSA) is 43.4 Å². The first kappa shape index (κ1) is 17.4. The molecule has 0 aliphatic carbocycles. The fraction of sp³-hybridized carbons (Fsp3) is 0.533. The number of pyridine rings is 1. The minimum Gasteiger partial charge on any atom is -0.400 e. The van der Waals surface area contributed by atoms with Gasteiger partial charge in [-0.1, -0.05) is 17.7 Å². The maximum Gasteiger partial charge on any atom is 0.491 e. The lowest BCUT2D eigenvalue weighted by molar-refractivity contribution is 0.00578. The van der Waals surface area contributed by atoms with Crippen molar-refractivity contribution < 1.29 is 13.7 Å². The number of aromatic nitrogens is 1. The van der Waals surface area contributed by atoms with Crippen molar-refractivity contribution in [2.75, 3.05) is 13.6 Å². The zero-order chi connectivity index (χ0) is 16.5. The van der Waals surface area contributed by atoms with Crippen molar-refractivity contribution in [1.29, 1.82) is 0 Å². The van der Waals surface area contributed by atoms with Crippen LogP contribution >= 0.6 is 11.6 Å². The molecule has 22 heavy (non-hydrogen) atoms. The first-order valence-electron chi connectivity index (χ1n) is 7.18. The van der Waals surface area contributed by atoms with Gasteiger partial charge in [0.15, 0.2) is 0 Å². The molecule has 0 saturated carbocycles. The Morgan fingerprint density at radius 2 is 1.95 bits per heavy atom. The maximum atomic E-state index is 13.3. The summed E-state index contributed by atoms with van der Waals surface area (Å²) < 4.78 is 25.4. The molecule has 0 aromatic carbocycles. The van der Waals surface area contributed by atoms with Crippen LogP contribution < -0.4 is 5.32 Å². The maximum absolute atomic E-state index is 13.3. The van der Waals surface area contributed by atoms with Crippen LogP contribution in [-0.2, 0) is 9.31 Å². The molecule has 2 heterocycles. The van der Waals surface area contributed by atoms with E-state index in [1.165, 1.54) is 12.3 Å². The van der Waals surface area contributed by atoms with Crippen LogP contribution in [0.2, 0.25) is 5.02 Å². The van der Waals surface area contributed by atoms with E-state index in [-0.39, 0.29) is 0 Å². The van der Waals surface area contributed by atoms with E-state index in [1.807, 2.05) is 34.7 Å². The molecule has 1 N–H and O–H groups in total. The van der Waals surface area contributed by atoms with Gasteiger partial charge in [0.2, 0.25) is 5.95 Å². The Morgan fingerprint density at radius 3 is 2.50 bits per heavy atom. The van der Waals surface area contributed by atoms with Crippen LogP contribution in [-0.4, -0.2) is 36.9 Å². The molecule has 2 rings (SSSR count). The quantitative estimate of drug-likeness (QED) is 0.682. The number of likely N-dealkylation sites (N-methyl/N-ethyl adjacent to an activating group) is 1. The number of rotatable bonds is 4. The molecule has 1 aliphatic heterocycles. The van der Waals surface area contributed by atoms with Gasteiger partial charge in [0, 0.05) is 18.8 Å². The fourth-order valence-electron chi connectivity index (χ4n) is 2.14. The van der Waals surface area contributed by atoms with E-state index in [4.69, 9.17) is 20.9 Å². The summed E-state index contributed by atoms with van der Waals surface area (Å²) in [7, 11) is 1.32. The van der Waals surface area contributed by atoms with Crippen molar-refractivity contribution in [3.05, 3.63) is 34.3 Å². The second kappa shape index (κ2) is 6.28. The van der Waals surface area contributed by atoms with Crippen LogP contribution in [0.1, 0.15) is 33.3 Å². The van der Waals surface area contributed by atoms with Gasteiger partial charge in [0.05, 0.1) is 16.2 Å². The second-order valence-electron chi connectivity index (χ2n) is 6.37. The standard InChI is InChI=1S/C15H21BClFN2O2/c1-14(2)15(3,4)22-16(21-14)11(8-19-5)6-10-7-13(18)20-9-12(10)17/h6-7,9,19H,8H2,1-5H3. The third kappa shape index (κ3) is 3.51. The van der Waals surface area contributed by atoms with E-state index >= 15 is 0 Å². The van der Waals surface area contributed by atoms with Crippen molar-refractivity contribution >= 4 is 24.8 Å². The van der Waals surface area contributed by atoms with Gasteiger partial charge in [0.25, 0.3) is 0 Å². The molecule has 1 saturated heterocycles. The monoisotopic (exact) mass is 326 g/mol. The van der Waals surface area contributed by atoms with E-state index in [0.29, 0.717) is 17.1 Å². The van der Waals surface area contributed by atoms with Gasteiger partial charge in [-0.3, -0.25) is 0 Å². The van der Waals surface area contributed by atoms with E-state index in [2.05, 4.69) is 10.3 Å². The number of hydrogen-bond donors (Lipinski definition) is 1. The smallest absolute Gasteiger partial charge is 0.400 e. The predicted molar refractivity (Wildman–Crippen MR) is 87.2 cm³/mol. The van der Waals surface area contributed by atoms with Gasteiger partial charge >= 0.3 is 7.12 Å². The van der Waals surface area contributed by atoms with Crippen molar-refractivity contribution in [2.24, 2.45) is 0 Å². The normalized spacial score (nSPS) is 20.5. The highest BCUT2D eigenvalue weighted by Crippen LogP contribution is 2.38. The fourth-order valence-corrected chi connectivity index (χ4v) is 2.30. The summed E-state index contributed by atoms with van der Waals surface area (Å²) in [5, 5.41) is 3.45. The van der Waals surface area contributed by atoms with Crippen molar-refractivity contribution in [1.82, 2.24) is 10.3 Å². The van der Waals surface area contributed by atoms with Crippen LogP contribution in [0.4, 0.5) is 4.39 Å². The predicted octanol–water partition coefficient (Wildman–Crippen LogP) is 3.11. The van der Waals surface area contributed by atoms with E-state index < -0.39 is 24.3 Å². The van der Waals surface area contributed by atoms with Gasteiger partial charge in [0.1, 0.15) is 0 Å². The van der Waals surface area contributed by atoms with E-state index in [1.54, 1.807) is 6.08 Å². The van der Waals surface area contributed by atoms with Crippen LogP contribution in [0, 0.1) is 5.95 Å². The average Bonchev–Trinajstić information content (AvgIpc) is 2.62. The first-order chi connectivity index (χ1) is 10.2. The summed E-state index contributed by atoms with van der Waals surface area (Å²) >= 11 is 6.08. The molecule has 0 bridgehead atoms. The van der Waals surface area contributed by atoms with Crippen LogP contribution in [0.5, 0.6) is 0 Å². The number of halogens is 2. The number of nitrogens with one attached hydrogen (secondary N) is 1. The molecule has 7 heteroatoms. The molecule has 0 amide bonds. The van der Waals surface area contributed by atoms with Gasteiger partial charge in [-0.25, -0.2) is 4.98 Å². The van der Waals surface area contributed by atoms with Crippen molar-refractivity contribution in [3.8, 4) is 0 Å². The Hall–Kier alpha value is -0.945. The highest BCUT2D eigenvalue weighted by molar-refractivity contribution is 6.56. The van der Waals surface area contributed by atoms with Crippen LogP contribution in [0.25, 0.3) is 6.08 Å². The lowest BCUT2D eigenvalue weighted by Gasteiger charge is -2.32. The Morgan fingerprint density at radius 1 is 1.36 bits per heavy atom. The SMILES string of the molecule is CNCC(=Cc1cc(F)ncc1Cl)B1OC(C)(C)C(C)(C)O1. The average molecular weight is 327 g/mol. The van der Waals surface area contributed by atoms with Crippen LogP contribution in [0.3, 0.4) is 0 Å². The molecule has 0 radical (unpaired) electrons. The van der Waals surface area contributed by atoms with Crippen molar-refractivity contribution in [3.63, 3.8) is 0 Å². The Balaban J connectivity index is 2.35. The van der Waals surface area contributed by atoms with E-state index in [9.17, 15) is 4.39 Å². The highest BCUT2D eigenvalue weighted by atomic mass is 35.5. The van der Waals surface area contributed by atoms with Gasteiger partial charge in [-0.2, -0.15) is 4.39 Å². The zero-order valence-electron chi connectivity index (χ0n) is 13.5. The molecule has 1 fully saturated rings. The van der Waals surface area contributed by atoms with E-state index in [0.717, 1.165) is 5.47 Å². The Labute approximate surface area is 136 Å². The Bertz CT molecular complexity index is 577.